The summed E-state index contributed by atoms with van der Waals surface area (Å²) in [5.41, 5.74) is 1.05. The molecule has 0 aliphatic rings. The number of hydrogen-bond acceptors (Lipinski definition) is 1. The first kappa shape index (κ1) is 9.97. The fraction of sp³-hybridized carbons (Fsp3) is 0.417. The average Bonchev–Trinajstić information content (AvgIpc) is 2.19. The monoisotopic (exact) mass is 175 g/mol. The van der Waals surface area contributed by atoms with Gasteiger partial charge in [-0.1, -0.05) is 38.0 Å². The molecule has 0 fully saturated rings. The quantitative estimate of drug-likeness (QED) is 0.474. The number of hydrogen-bond donors (Lipinski definition) is 0. The Hall–Kier alpha value is -1.11. The molecule has 0 radical (unpaired) electrons. The summed E-state index contributed by atoms with van der Waals surface area (Å²) in [6, 6.07) is 10.1. The zero-order valence-electron chi connectivity index (χ0n) is 8.24. The van der Waals surface area contributed by atoms with Crippen molar-refractivity contribution in [3.63, 3.8) is 0 Å². The van der Waals surface area contributed by atoms with Crippen LogP contribution in [0.5, 0.6) is 0 Å². The number of aliphatic imine (C=N–C) groups is 1. The molecule has 0 amide bonds. The zero-order chi connectivity index (χ0) is 9.36. The van der Waals surface area contributed by atoms with Crippen molar-refractivity contribution in [3.8, 4) is 0 Å². The third kappa shape index (κ3) is 4.46. The maximum absolute atomic E-state index is 4.35. The molecule has 0 unspecified atom stereocenters. The van der Waals surface area contributed by atoms with Gasteiger partial charge in [0, 0.05) is 6.21 Å². The summed E-state index contributed by atoms with van der Waals surface area (Å²) in [6.45, 7) is 2.22. The topological polar surface area (TPSA) is 12.4 Å². The van der Waals surface area contributed by atoms with E-state index in [0.29, 0.717) is 0 Å². The largest absolute Gasteiger partial charge is 0.261 e. The van der Waals surface area contributed by atoms with E-state index in [1.807, 2.05) is 36.5 Å². The Balaban J connectivity index is 2.25. The minimum absolute atomic E-state index is 1.05. The zero-order valence-corrected chi connectivity index (χ0v) is 8.24. The Morgan fingerprint density at radius 3 is 2.62 bits per heavy atom. The first-order valence-electron chi connectivity index (χ1n) is 5.01. The lowest BCUT2D eigenvalue weighted by atomic mass is 10.2. The normalized spacial score (nSPS) is 10.8. The van der Waals surface area contributed by atoms with Crippen LogP contribution in [0.15, 0.2) is 35.3 Å². The third-order valence-corrected chi connectivity index (χ3v) is 1.93. The van der Waals surface area contributed by atoms with Crippen LogP contribution in [0, 0.1) is 0 Å². The van der Waals surface area contributed by atoms with Gasteiger partial charge in [0.2, 0.25) is 0 Å². The summed E-state index contributed by atoms with van der Waals surface area (Å²) >= 11 is 0. The summed E-state index contributed by atoms with van der Waals surface area (Å²) in [5.74, 6) is 0. The van der Waals surface area contributed by atoms with Gasteiger partial charge < -0.3 is 0 Å². The highest BCUT2D eigenvalue weighted by Gasteiger charge is 1.84. The van der Waals surface area contributed by atoms with Crippen molar-refractivity contribution in [2.45, 2.75) is 32.6 Å². The van der Waals surface area contributed by atoms with Gasteiger partial charge in [-0.15, -0.1) is 0 Å². The van der Waals surface area contributed by atoms with E-state index in [1.54, 1.807) is 0 Å². The summed E-state index contributed by atoms with van der Waals surface area (Å²) in [5, 5.41) is 0. The van der Waals surface area contributed by atoms with Crippen LogP contribution in [-0.4, -0.2) is 6.21 Å². The highest BCUT2D eigenvalue weighted by Crippen LogP contribution is 2.09. The Bertz CT molecular complexity index is 239. The number of rotatable bonds is 5. The van der Waals surface area contributed by atoms with E-state index in [9.17, 15) is 0 Å². The van der Waals surface area contributed by atoms with E-state index in [4.69, 9.17) is 0 Å². The summed E-state index contributed by atoms with van der Waals surface area (Å²) in [6.07, 6.45) is 6.96. The van der Waals surface area contributed by atoms with Gasteiger partial charge >= 0.3 is 0 Å². The van der Waals surface area contributed by atoms with Gasteiger partial charge in [-0.25, -0.2) is 0 Å². The lowest BCUT2D eigenvalue weighted by molar-refractivity contribution is 0.746. The molecule has 0 aromatic heterocycles. The van der Waals surface area contributed by atoms with Gasteiger partial charge in [0.15, 0.2) is 0 Å². The number of nitrogens with zero attached hydrogens (tertiary/aromatic N) is 1. The van der Waals surface area contributed by atoms with E-state index in [1.165, 1.54) is 19.3 Å². The van der Waals surface area contributed by atoms with Crippen molar-refractivity contribution < 1.29 is 0 Å². The fourth-order valence-corrected chi connectivity index (χ4v) is 1.17. The van der Waals surface area contributed by atoms with Crippen molar-refractivity contribution >= 4 is 11.9 Å². The number of unbranched alkanes of at least 4 members (excludes halogenated alkanes) is 3. The Morgan fingerprint density at radius 1 is 1.15 bits per heavy atom. The van der Waals surface area contributed by atoms with E-state index >= 15 is 0 Å². The maximum Gasteiger partial charge on any atom is 0.0625 e. The van der Waals surface area contributed by atoms with Crippen LogP contribution in [0.25, 0.3) is 0 Å². The van der Waals surface area contributed by atoms with Crippen LogP contribution >= 0.6 is 0 Å². The van der Waals surface area contributed by atoms with Gasteiger partial charge in [0.25, 0.3) is 0 Å². The second-order valence-corrected chi connectivity index (χ2v) is 3.14. The van der Waals surface area contributed by atoms with Crippen molar-refractivity contribution in [2.75, 3.05) is 0 Å². The Labute approximate surface area is 80.5 Å². The van der Waals surface area contributed by atoms with Crippen LogP contribution < -0.4 is 0 Å². The van der Waals surface area contributed by atoms with Crippen molar-refractivity contribution in [2.24, 2.45) is 4.99 Å². The first-order valence-corrected chi connectivity index (χ1v) is 5.01. The molecule has 70 valence electrons. The molecule has 0 N–H and O–H groups in total. The van der Waals surface area contributed by atoms with E-state index in [0.717, 1.165) is 12.1 Å². The van der Waals surface area contributed by atoms with Crippen LogP contribution in [0.2, 0.25) is 0 Å². The van der Waals surface area contributed by atoms with Crippen molar-refractivity contribution in [1.82, 2.24) is 0 Å². The van der Waals surface area contributed by atoms with Crippen molar-refractivity contribution in [3.05, 3.63) is 30.3 Å². The fourth-order valence-electron chi connectivity index (χ4n) is 1.17. The van der Waals surface area contributed by atoms with Gasteiger partial charge in [-0.3, -0.25) is 4.99 Å². The Morgan fingerprint density at radius 2 is 1.92 bits per heavy atom. The average molecular weight is 175 g/mol. The molecule has 0 saturated carbocycles. The molecule has 1 heteroatoms. The summed E-state index contributed by atoms with van der Waals surface area (Å²) in [4.78, 5) is 4.35. The second kappa shape index (κ2) is 6.41. The Kier molecular flexibility index (Phi) is 4.92. The molecule has 1 nitrogen and oxygen atoms in total. The lowest BCUT2D eigenvalue weighted by Crippen LogP contribution is -1.76. The molecule has 0 heterocycles. The standard InChI is InChI=1S/C12H17N/c1-2-3-4-8-11-13-12-9-6-5-7-10-12/h5-7,9-11H,2-4,8H2,1H3/b13-11+. The molecule has 0 atom stereocenters. The predicted octanol–water partition coefficient (Wildman–Crippen LogP) is 3.97. The molecule has 0 spiro atoms. The van der Waals surface area contributed by atoms with Crippen LogP contribution in [0.4, 0.5) is 5.69 Å². The lowest BCUT2D eigenvalue weighted by Gasteiger charge is -1.92. The smallest absolute Gasteiger partial charge is 0.0625 e. The minimum atomic E-state index is 1.05. The molecule has 13 heavy (non-hydrogen) atoms. The van der Waals surface area contributed by atoms with E-state index in [2.05, 4.69) is 11.9 Å². The molecule has 1 rings (SSSR count). The third-order valence-electron chi connectivity index (χ3n) is 1.93. The molecular formula is C12H17N. The molecular weight excluding hydrogens is 158 g/mol. The van der Waals surface area contributed by atoms with Gasteiger partial charge in [-0.05, 0) is 25.0 Å². The highest BCUT2D eigenvalue weighted by atomic mass is 14.7. The molecule has 1 aromatic rings. The van der Waals surface area contributed by atoms with E-state index in [-0.39, 0.29) is 0 Å². The molecule has 0 aliphatic heterocycles. The summed E-state index contributed by atoms with van der Waals surface area (Å²) in [7, 11) is 0. The molecule has 0 aliphatic carbocycles. The highest BCUT2D eigenvalue weighted by molar-refractivity contribution is 5.62. The second-order valence-electron chi connectivity index (χ2n) is 3.14. The summed E-state index contributed by atoms with van der Waals surface area (Å²) < 4.78 is 0. The van der Waals surface area contributed by atoms with Crippen LogP contribution in [-0.2, 0) is 0 Å². The van der Waals surface area contributed by atoms with Gasteiger partial charge in [0.1, 0.15) is 0 Å². The number of para-hydroxylation sites is 1. The number of benzene rings is 1. The SMILES string of the molecule is CCCCC/C=N/c1ccccc1. The van der Waals surface area contributed by atoms with E-state index < -0.39 is 0 Å². The molecule has 0 saturated heterocycles. The first-order chi connectivity index (χ1) is 6.43. The van der Waals surface area contributed by atoms with Crippen LogP contribution in [0.3, 0.4) is 0 Å². The maximum atomic E-state index is 4.35. The van der Waals surface area contributed by atoms with Crippen LogP contribution in [0.1, 0.15) is 32.6 Å². The predicted molar refractivity (Wildman–Crippen MR) is 58.7 cm³/mol. The van der Waals surface area contributed by atoms with Gasteiger partial charge in [0.05, 0.1) is 5.69 Å². The minimum Gasteiger partial charge on any atom is -0.261 e. The molecule has 1 aromatic carbocycles. The van der Waals surface area contributed by atoms with Crippen molar-refractivity contribution in [1.29, 1.82) is 0 Å². The van der Waals surface area contributed by atoms with Gasteiger partial charge in [-0.2, -0.15) is 0 Å². The molecule has 0 bridgehead atoms.